The van der Waals surface area contributed by atoms with Gasteiger partial charge in [-0.1, -0.05) is 30.0 Å². The molecule has 0 atom stereocenters. The van der Waals surface area contributed by atoms with Crippen LogP contribution in [0.3, 0.4) is 0 Å². The predicted octanol–water partition coefficient (Wildman–Crippen LogP) is 4.43. The predicted molar refractivity (Wildman–Crippen MR) is 125 cm³/mol. The summed E-state index contributed by atoms with van der Waals surface area (Å²) in [5.74, 6) is 1.23. The lowest BCUT2D eigenvalue weighted by Crippen LogP contribution is -2.27. The Labute approximate surface area is 192 Å². The average Bonchev–Trinajstić information content (AvgIpc) is 3.52. The SMILES string of the molecule is COCCNC(=O)c1csc(CSc2nnc(-c3cccs3)n2-c2cccc(C)c2)n1. The number of carbonyl (C=O) groups is 1. The number of nitrogens with zero attached hydrogens (tertiary/aromatic N) is 4. The number of aromatic nitrogens is 4. The van der Waals surface area contributed by atoms with Crippen LogP contribution in [0.5, 0.6) is 0 Å². The first-order chi connectivity index (χ1) is 15.2. The molecule has 3 heterocycles. The molecule has 0 aliphatic heterocycles. The molecule has 0 radical (unpaired) electrons. The average molecular weight is 472 g/mol. The molecule has 0 aliphatic rings. The van der Waals surface area contributed by atoms with Crippen molar-refractivity contribution in [2.75, 3.05) is 20.3 Å². The lowest BCUT2D eigenvalue weighted by Gasteiger charge is -2.10. The summed E-state index contributed by atoms with van der Waals surface area (Å²) in [6.45, 7) is 3.00. The lowest BCUT2D eigenvalue weighted by atomic mass is 10.2. The van der Waals surface area contributed by atoms with E-state index < -0.39 is 0 Å². The van der Waals surface area contributed by atoms with Crippen LogP contribution in [0.25, 0.3) is 16.4 Å². The van der Waals surface area contributed by atoms with E-state index in [0.717, 1.165) is 26.6 Å². The third-order valence-electron chi connectivity index (χ3n) is 4.34. The second-order valence-electron chi connectivity index (χ2n) is 6.62. The molecule has 1 aromatic carbocycles. The number of aryl methyl sites for hydroxylation is 1. The Kier molecular flexibility index (Phi) is 7.13. The zero-order valence-electron chi connectivity index (χ0n) is 17.1. The fourth-order valence-corrected chi connectivity index (χ4v) is 5.34. The number of thiazole rings is 1. The van der Waals surface area contributed by atoms with Crippen molar-refractivity contribution in [3.8, 4) is 16.4 Å². The molecular weight excluding hydrogens is 450 g/mol. The van der Waals surface area contributed by atoms with Crippen molar-refractivity contribution in [3.05, 3.63) is 63.4 Å². The molecule has 31 heavy (non-hydrogen) atoms. The molecule has 0 spiro atoms. The highest BCUT2D eigenvalue weighted by Crippen LogP contribution is 2.32. The Bertz CT molecular complexity index is 1150. The fourth-order valence-electron chi connectivity index (χ4n) is 2.89. The normalized spacial score (nSPS) is 11.0. The number of nitrogens with one attached hydrogen (secondary N) is 1. The van der Waals surface area contributed by atoms with Crippen molar-refractivity contribution in [2.24, 2.45) is 0 Å². The van der Waals surface area contributed by atoms with Crippen LogP contribution in [-0.4, -0.2) is 45.9 Å². The van der Waals surface area contributed by atoms with Crippen LogP contribution < -0.4 is 5.32 Å². The van der Waals surface area contributed by atoms with Crippen molar-refractivity contribution in [3.63, 3.8) is 0 Å². The summed E-state index contributed by atoms with van der Waals surface area (Å²) in [7, 11) is 1.60. The number of ether oxygens (including phenoxy) is 1. The number of hydrogen-bond donors (Lipinski definition) is 1. The molecule has 160 valence electrons. The van der Waals surface area contributed by atoms with Gasteiger partial charge in [-0.05, 0) is 36.1 Å². The minimum absolute atomic E-state index is 0.188. The van der Waals surface area contributed by atoms with Gasteiger partial charge in [0.25, 0.3) is 5.91 Å². The monoisotopic (exact) mass is 471 g/mol. The number of carbonyl (C=O) groups excluding carboxylic acids is 1. The van der Waals surface area contributed by atoms with Gasteiger partial charge in [-0.15, -0.1) is 32.9 Å². The van der Waals surface area contributed by atoms with Crippen LogP contribution in [0.4, 0.5) is 0 Å². The number of rotatable bonds is 9. The Morgan fingerprint density at radius 3 is 2.90 bits per heavy atom. The van der Waals surface area contributed by atoms with Crippen molar-refractivity contribution >= 4 is 40.3 Å². The molecule has 4 aromatic rings. The minimum atomic E-state index is -0.188. The molecule has 1 N–H and O–H groups in total. The summed E-state index contributed by atoms with van der Waals surface area (Å²) >= 11 is 4.66. The van der Waals surface area contributed by atoms with Crippen molar-refractivity contribution in [1.82, 2.24) is 25.1 Å². The molecule has 10 heteroatoms. The lowest BCUT2D eigenvalue weighted by molar-refractivity contribution is 0.0932. The highest BCUT2D eigenvalue weighted by molar-refractivity contribution is 7.98. The van der Waals surface area contributed by atoms with Gasteiger partial charge in [-0.25, -0.2) is 4.98 Å². The first-order valence-electron chi connectivity index (χ1n) is 9.56. The Hall–Kier alpha value is -2.53. The second-order valence-corrected chi connectivity index (χ2v) is 9.45. The van der Waals surface area contributed by atoms with Crippen LogP contribution in [0.2, 0.25) is 0 Å². The highest BCUT2D eigenvalue weighted by atomic mass is 32.2. The number of benzene rings is 1. The van der Waals surface area contributed by atoms with E-state index in [1.165, 1.54) is 16.9 Å². The van der Waals surface area contributed by atoms with Gasteiger partial charge in [0.05, 0.1) is 22.9 Å². The third kappa shape index (κ3) is 5.21. The molecule has 1 amide bonds. The number of thiophene rings is 1. The Morgan fingerprint density at radius 2 is 2.13 bits per heavy atom. The van der Waals surface area contributed by atoms with Crippen LogP contribution >= 0.6 is 34.4 Å². The van der Waals surface area contributed by atoms with Gasteiger partial charge in [0.2, 0.25) is 0 Å². The zero-order valence-corrected chi connectivity index (χ0v) is 19.5. The maximum atomic E-state index is 12.2. The first kappa shape index (κ1) is 21.7. The van der Waals surface area contributed by atoms with E-state index >= 15 is 0 Å². The van der Waals surface area contributed by atoms with E-state index in [4.69, 9.17) is 4.74 Å². The molecule has 0 saturated carbocycles. The zero-order chi connectivity index (χ0) is 21.6. The Morgan fingerprint density at radius 1 is 1.23 bits per heavy atom. The molecule has 0 bridgehead atoms. The van der Waals surface area contributed by atoms with E-state index in [0.29, 0.717) is 24.6 Å². The quantitative estimate of drug-likeness (QED) is 0.287. The molecule has 4 rings (SSSR count). The van der Waals surface area contributed by atoms with Gasteiger partial charge in [-0.2, -0.15) is 0 Å². The molecular formula is C21H21N5O2S3. The molecule has 0 aliphatic carbocycles. The van der Waals surface area contributed by atoms with E-state index in [-0.39, 0.29) is 5.91 Å². The summed E-state index contributed by atoms with van der Waals surface area (Å²) in [5, 5.41) is 17.2. The van der Waals surface area contributed by atoms with E-state index in [1.807, 2.05) is 23.6 Å². The van der Waals surface area contributed by atoms with Crippen LogP contribution in [0, 0.1) is 6.92 Å². The summed E-state index contributed by atoms with van der Waals surface area (Å²) in [6, 6.07) is 12.3. The maximum absolute atomic E-state index is 12.2. The summed E-state index contributed by atoms with van der Waals surface area (Å²) in [5.41, 5.74) is 2.62. The van der Waals surface area contributed by atoms with Crippen molar-refractivity contribution < 1.29 is 9.53 Å². The largest absolute Gasteiger partial charge is 0.383 e. The molecule has 0 unspecified atom stereocenters. The topological polar surface area (TPSA) is 81.9 Å². The third-order valence-corrected chi connectivity index (χ3v) is 7.17. The number of hydrogen-bond acceptors (Lipinski definition) is 8. The fraction of sp³-hybridized carbons (Fsp3) is 0.238. The van der Waals surface area contributed by atoms with Gasteiger partial charge < -0.3 is 10.1 Å². The second kappa shape index (κ2) is 10.2. The molecule has 3 aromatic heterocycles. The number of thioether (sulfide) groups is 1. The first-order valence-corrected chi connectivity index (χ1v) is 12.3. The van der Waals surface area contributed by atoms with Crippen molar-refractivity contribution in [1.29, 1.82) is 0 Å². The number of amides is 1. The minimum Gasteiger partial charge on any atom is -0.383 e. The van der Waals surface area contributed by atoms with Gasteiger partial charge in [-0.3, -0.25) is 9.36 Å². The molecule has 0 fully saturated rings. The van der Waals surface area contributed by atoms with Gasteiger partial charge in [0.15, 0.2) is 11.0 Å². The van der Waals surface area contributed by atoms with Gasteiger partial charge >= 0.3 is 0 Å². The van der Waals surface area contributed by atoms with E-state index in [1.54, 1.807) is 35.6 Å². The number of methoxy groups -OCH3 is 1. The van der Waals surface area contributed by atoms with Crippen LogP contribution in [0.1, 0.15) is 21.1 Å². The van der Waals surface area contributed by atoms with Crippen LogP contribution in [-0.2, 0) is 10.5 Å². The molecule has 7 nitrogen and oxygen atoms in total. The summed E-state index contributed by atoms with van der Waals surface area (Å²) in [4.78, 5) is 17.7. The highest BCUT2D eigenvalue weighted by Gasteiger charge is 2.18. The summed E-state index contributed by atoms with van der Waals surface area (Å²) in [6.07, 6.45) is 0. The smallest absolute Gasteiger partial charge is 0.270 e. The standard InChI is InChI=1S/C21H21N5O2S3/c1-14-5-3-6-15(11-14)26-19(17-7-4-10-29-17)24-25-21(26)31-13-18-23-16(12-30-18)20(27)22-8-9-28-2/h3-7,10-12H,8-9,13H2,1-2H3,(H,22,27). The van der Waals surface area contributed by atoms with E-state index in [9.17, 15) is 4.79 Å². The van der Waals surface area contributed by atoms with Crippen LogP contribution in [0.15, 0.2) is 52.3 Å². The Balaban J connectivity index is 1.54. The molecule has 0 saturated heterocycles. The van der Waals surface area contributed by atoms with Gasteiger partial charge in [0.1, 0.15) is 10.7 Å². The maximum Gasteiger partial charge on any atom is 0.270 e. The van der Waals surface area contributed by atoms with Gasteiger partial charge in [0, 0.05) is 19.0 Å². The van der Waals surface area contributed by atoms with Crippen molar-refractivity contribution in [2.45, 2.75) is 17.8 Å². The van der Waals surface area contributed by atoms with E-state index in [2.05, 4.69) is 50.2 Å². The summed E-state index contributed by atoms with van der Waals surface area (Å²) < 4.78 is 7.03.